The molecule has 1 aliphatic rings. The molecule has 0 saturated heterocycles. The number of aliphatic hydroxyl groups excluding tert-OH is 2. The van der Waals surface area contributed by atoms with Crippen LogP contribution < -0.4 is 0 Å². The van der Waals surface area contributed by atoms with Crippen LogP contribution in [0.4, 0.5) is 0 Å². The van der Waals surface area contributed by atoms with Crippen molar-refractivity contribution in [2.24, 2.45) is 11.8 Å². The van der Waals surface area contributed by atoms with E-state index in [9.17, 15) is 5.11 Å². The predicted octanol–water partition coefficient (Wildman–Crippen LogP) is 0.552. The van der Waals surface area contributed by atoms with Gasteiger partial charge in [0.15, 0.2) is 0 Å². The Hall–Kier alpha value is -0.340. The van der Waals surface area contributed by atoms with Crippen LogP contribution in [-0.4, -0.2) is 22.9 Å². The van der Waals surface area contributed by atoms with Crippen LogP contribution in [0, 0.1) is 11.8 Å². The maximum Gasteiger partial charge on any atom is 0.0749 e. The van der Waals surface area contributed by atoms with Gasteiger partial charge in [0.1, 0.15) is 0 Å². The second kappa shape index (κ2) is 3.17. The fourth-order valence-electron chi connectivity index (χ4n) is 1.45. The molecule has 0 amide bonds. The molecule has 0 aliphatic heterocycles. The van der Waals surface area contributed by atoms with Gasteiger partial charge in [0.25, 0.3) is 0 Å². The third-order valence-corrected chi connectivity index (χ3v) is 2.39. The Morgan fingerprint density at radius 2 is 2.30 bits per heavy atom. The highest BCUT2D eigenvalue weighted by Gasteiger charge is 2.33. The van der Waals surface area contributed by atoms with Crippen molar-refractivity contribution in [3.8, 4) is 0 Å². The highest BCUT2D eigenvalue weighted by atomic mass is 16.3. The SMILES string of the molecule is C=C[C@@H](O)[C@@H]1CC[C@H]1CO. The number of rotatable bonds is 3. The van der Waals surface area contributed by atoms with Crippen LogP contribution in [0.25, 0.3) is 0 Å². The topological polar surface area (TPSA) is 40.5 Å². The summed E-state index contributed by atoms with van der Waals surface area (Å²) in [6.07, 6.45) is 3.21. The zero-order chi connectivity index (χ0) is 7.56. The van der Waals surface area contributed by atoms with E-state index in [1.165, 1.54) is 0 Å². The van der Waals surface area contributed by atoms with Crippen LogP contribution in [0.5, 0.6) is 0 Å². The maximum absolute atomic E-state index is 9.25. The Bertz CT molecular complexity index is 120. The van der Waals surface area contributed by atoms with E-state index in [0.717, 1.165) is 12.8 Å². The lowest BCUT2D eigenvalue weighted by molar-refractivity contribution is 0.0114. The lowest BCUT2D eigenvalue weighted by Crippen LogP contribution is -2.36. The van der Waals surface area contributed by atoms with E-state index in [0.29, 0.717) is 5.92 Å². The summed E-state index contributed by atoms with van der Waals surface area (Å²) in [5.74, 6) is 0.579. The molecular formula is C8H14O2. The fraction of sp³-hybridized carbons (Fsp3) is 0.750. The van der Waals surface area contributed by atoms with Crippen molar-refractivity contribution in [2.75, 3.05) is 6.61 Å². The molecule has 1 rings (SSSR count). The van der Waals surface area contributed by atoms with E-state index in [1.807, 2.05) is 0 Å². The summed E-state index contributed by atoms with van der Waals surface area (Å²) in [5.41, 5.74) is 0. The van der Waals surface area contributed by atoms with Crippen molar-refractivity contribution in [3.63, 3.8) is 0 Å². The molecule has 2 N–H and O–H groups in total. The smallest absolute Gasteiger partial charge is 0.0749 e. The molecule has 3 atom stereocenters. The quantitative estimate of drug-likeness (QED) is 0.565. The van der Waals surface area contributed by atoms with Gasteiger partial charge in [0.2, 0.25) is 0 Å². The van der Waals surface area contributed by atoms with Gasteiger partial charge < -0.3 is 10.2 Å². The number of aliphatic hydroxyl groups is 2. The molecule has 0 bridgehead atoms. The third-order valence-electron chi connectivity index (χ3n) is 2.39. The summed E-state index contributed by atoms with van der Waals surface area (Å²) in [6.45, 7) is 3.70. The first-order chi connectivity index (χ1) is 4.79. The van der Waals surface area contributed by atoms with Crippen molar-refractivity contribution in [1.82, 2.24) is 0 Å². The molecule has 0 aromatic heterocycles. The van der Waals surface area contributed by atoms with Gasteiger partial charge in [0.05, 0.1) is 6.10 Å². The zero-order valence-corrected chi connectivity index (χ0v) is 6.03. The predicted molar refractivity (Wildman–Crippen MR) is 39.5 cm³/mol. The molecular weight excluding hydrogens is 128 g/mol. The molecule has 1 saturated carbocycles. The van der Waals surface area contributed by atoms with Gasteiger partial charge in [-0.2, -0.15) is 0 Å². The minimum Gasteiger partial charge on any atom is -0.396 e. The largest absolute Gasteiger partial charge is 0.396 e. The van der Waals surface area contributed by atoms with Crippen LogP contribution in [0.2, 0.25) is 0 Å². The van der Waals surface area contributed by atoms with Crippen molar-refractivity contribution in [3.05, 3.63) is 12.7 Å². The van der Waals surface area contributed by atoms with Gasteiger partial charge in [-0.05, 0) is 24.7 Å². The van der Waals surface area contributed by atoms with Gasteiger partial charge in [0, 0.05) is 6.61 Å². The molecule has 0 spiro atoms. The lowest BCUT2D eigenvalue weighted by Gasteiger charge is -2.37. The highest BCUT2D eigenvalue weighted by Crippen LogP contribution is 2.36. The Kier molecular flexibility index (Phi) is 2.46. The molecule has 0 aromatic rings. The minimum absolute atomic E-state index is 0.204. The van der Waals surface area contributed by atoms with E-state index in [2.05, 4.69) is 6.58 Å². The Balaban J connectivity index is 2.34. The molecule has 1 aliphatic carbocycles. The number of hydrogen-bond donors (Lipinski definition) is 2. The molecule has 1 fully saturated rings. The normalized spacial score (nSPS) is 34.6. The molecule has 0 heterocycles. The molecule has 0 unspecified atom stereocenters. The van der Waals surface area contributed by atoms with E-state index in [-0.39, 0.29) is 12.5 Å². The molecule has 0 aromatic carbocycles. The van der Waals surface area contributed by atoms with Gasteiger partial charge >= 0.3 is 0 Å². The van der Waals surface area contributed by atoms with Crippen molar-refractivity contribution in [1.29, 1.82) is 0 Å². The van der Waals surface area contributed by atoms with E-state index < -0.39 is 6.10 Å². The lowest BCUT2D eigenvalue weighted by atomic mass is 9.71. The summed E-state index contributed by atoms with van der Waals surface area (Å²) >= 11 is 0. The zero-order valence-electron chi connectivity index (χ0n) is 6.03. The van der Waals surface area contributed by atoms with Crippen LogP contribution in [0.3, 0.4) is 0 Å². The summed E-state index contributed by atoms with van der Waals surface area (Å²) < 4.78 is 0. The van der Waals surface area contributed by atoms with Gasteiger partial charge in [-0.15, -0.1) is 6.58 Å². The molecule has 2 heteroatoms. The fourth-order valence-corrected chi connectivity index (χ4v) is 1.45. The van der Waals surface area contributed by atoms with Gasteiger partial charge in [-0.3, -0.25) is 0 Å². The molecule has 0 radical (unpaired) electrons. The molecule has 58 valence electrons. The summed E-state index contributed by atoms with van der Waals surface area (Å²) in [4.78, 5) is 0. The Morgan fingerprint density at radius 1 is 1.60 bits per heavy atom. The average molecular weight is 142 g/mol. The summed E-state index contributed by atoms with van der Waals surface area (Å²) in [5, 5.41) is 18.0. The van der Waals surface area contributed by atoms with Gasteiger partial charge in [-0.25, -0.2) is 0 Å². The van der Waals surface area contributed by atoms with E-state index in [1.54, 1.807) is 6.08 Å². The first-order valence-corrected chi connectivity index (χ1v) is 3.71. The molecule has 10 heavy (non-hydrogen) atoms. The molecule has 2 nitrogen and oxygen atoms in total. The van der Waals surface area contributed by atoms with Gasteiger partial charge in [-0.1, -0.05) is 6.08 Å². The highest BCUT2D eigenvalue weighted by molar-refractivity contribution is 4.93. The monoisotopic (exact) mass is 142 g/mol. The second-order valence-corrected chi connectivity index (χ2v) is 2.91. The average Bonchev–Trinajstić information content (AvgIpc) is 1.86. The van der Waals surface area contributed by atoms with Crippen LogP contribution in [0.15, 0.2) is 12.7 Å². The number of hydrogen-bond acceptors (Lipinski definition) is 2. The standard InChI is InChI=1S/C8H14O2/c1-2-8(10)7-4-3-6(7)5-9/h2,6-10H,1,3-5H2/t6-,7+,8+/m0/s1. The third kappa shape index (κ3) is 1.22. The first-order valence-electron chi connectivity index (χ1n) is 3.71. The van der Waals surface area contributed by atoms with Crippen molar-refractivity contribution < 1.29 is 10.2 Å². The minimum atomic E-state index is -0.411. The van der Waals surface area contributed by atoms with E-state index in [4.69, 9.17) is 5.11 Å². The Morgan fingerprint density at radius 3 is 2.60 bits per heavy atom. The summed E-state index contributed by atoms with van der Waals surface area (Å²) in [6, 6.07) is 0. The van der Waals surface area contributed by atoms with Crippen molar-refractivity contribution in [2.45, 2.75) is 18.9 Å². The van der Waals surface area contributed by atoms with Crippen LogP contribution in [0.1, 0.15) is 12.8 Å². The Labute approximate surface area is 61.2 Å². The second-order valence-electron chi connectivity index (χ2n) is 2.91. The first kappa shape index (κ1) is 7.76. The summed E-state index contributed by atoms with van der Waals surface area (Å²) in [7, 11) is 0. The maximum atomic E-state index is 9.25. The van der Waals surface area contributed by atoms with E-state index >= 15 is 0 Å². The van der Waals surface area contributed by atoms with Crippen LogP contribution in [-0.2, 0) is 0 Å². The van der Waals surface area contributed by atoms with Crippen molar-refractivity contribution >= 4 is 0 Å². The van der Waals surface area contributed by atoms with Crippen LogP contribution >= 0.6 is 0 Å².